The van der Waals surface area contributed by atoms with Crippen LogP contribution in [0.1, 0.15) is 12.0 Å². The predicted molar refractivity (Wildman–Crippen MR) is 106 cm³/mol. The molecule has 0 unspecified atom stereocenters. The average Bonchev–Trinajstić information content (AvgIpc) is 3.16. The fourth-order valence-corrected chi connectivity index (χ4v) is 3.21. The van der Waals surface area contributed by atoms with Crippen molar-refractivity contribution in [2.24, 2.45) is 5.73 Å². The molecule has 0 aliphatic rings. The van der Waals surface area contributed by atoms with Crippen molar-refractivity contribution in [3.8, 4) is 11.1 Å². The standard InChI is InChI=1S/C22H22N4/c23-22(12-17-4-2-1-3-5-17)9-11-26-16-21(15-25-26)18-6-7-20-14-24-10-8-19(20)13-18/h1-8,10,13-16,22H,9,11-12,23H2/t22-/m1/s1. The lowest BCUT2D eigenvalue weighted by Gasteiger charge is -2.11. The summed E-state index contributed by atoms with van der Waals surface area (Å²) in [6.07, 6.45) is 9.52. The van der Waals surface area contributed by atoms with Gasteiger partial charge in [0.05, 0.1) is 6.20 Å². The van der Waals surface area contributed by atoms with Crippen molar-refractivity contribution in [1.29, 1.82) is 0 Å². The number of nitrogens with zero attached hydrogens (tertiary/aromatic N) is 3. The van der Waals surface area contributed by atoms with E-state index >= 15 is 0 Å². The Morgan fingerprint density at radius 3 is 2.69 bits per heavy atom. The number of pyridine rings is 1. The van der Waals surface area contributed by atoms with Crippen molar-refractivity contribution in [3.63, 3.8) is 0 Å². The van der Waals surface area contributed by atoms with Crippen molar-refractivity contribution in [3.05, 3.63) is 84.9 Å². The molecule has 0 saturated heterocycles. The van der Waals surface area contributed by atoms with Crippen molar-refractivity contribution >= 4 is 10.8 Å². The van der Waals surface area contributed by atoms with Gasteiger partial charge in [-0.1, -0.05) is 42.5 Å². The van der Waals surface area contributed by atoms with Gasteiger partial charge in [-0.15, -0.1) is 0 Å². The number of hydrogen-bond donors (Lipinski definition) is 1. The Kier molecular flexibility index (Phi) is 4.75. The van der Waals surface area contributed by atoms with E-state index in [1.807, 2.05) is 35.4 Å². The number of aromatic nitrogens is 3. The molecule has 4 heteroatoms. The fourth-order valence-electron chi connectivity index (χ4n) is 3.21. The molecule has 0 bridgehead atoms. The van der Waals surface area contributed by atoms with Gasteiger partial charge in [0.1, 0.15) is 0 Å². The van der Waals surface area contributed by atoms with Gasteiger partial charge in [0.2, 0.25) is 0 Å². The van der Waals surface area contributed by atoms with E-state index in [-0.39, 0.29) is 6.04 Å². The zero-order valence-corrected chi connectivity index (χ0v) is 14.6. The Morgan fingerprint density at radius 1 is 0.923 bits per heavy atom. The molecule has 2 heterocycles. The van der Waals surface area contributed by atoms with Crippen LogP contribution >= 0.6 is 0 Å². The summed E-state index contributed by atoms with van der Waals surface area (Å²) in [5.74, 6) is 0. The Morgan fingerprint density at radius 2 is 1.81 bits per heavy atom. The fraction of sp³-hybridized carbons (Fsp3) is 0.182. The number of aryl methyl sites for hydroxylation is 1. The van der Waals surface area contributed by atoms with Crippen LogP contribution in [0.15, 0.2) is 79.4 Å². The lowest BCUT2D eigenvalue weighted by atomic mass is 10.0. The first-order valence-electron chi connectivity index (χ1n) is 8.94. The highest BCUT2D eigenvalue weighted by Gasteiger charge is 2.07. The number of rotatable bonds is 6. The van der Waals surface area contributed by atoms with Crippen LogP contribution in [-0.4, -0.2) is 20.8 Å². The van der Waals surface area contributed by atoms with Gasteiger partial charge in [-0.2, -0.15) is 5.10 Å². The maximum atomic E-state index is 6.29. The minimum Gasteiger partial charge on any atom is -0.327 e. The monoisotopic (exact) mass is 342 g/mol. The molecule has 0 spiro atoms. The second-order valence-corrected chi connectivity index (χ2v) is 6.67. The molecule has 1 atom stereocenters. The Labute approximate surface area is 153 Å². The third kappa shape index (κ3) is 3.81. The largest absolute Gasteiger partial charge is 0.327 e. The molecule has 4 nitrogen and oxygen atoms in total. The van der Waals surface area contributed by atoms with Crippen LogP contribution < -0.4 is 5.73 Å². The van der Waals surface area contributed by atoms with Gasteiger partial charge in [-0.25, -0.2) is 0 Å². The van der Waals surface area contributed by atoms with Crippen molar-refractivity contribution in [2.75, 3.05) is 0 Å². The summed E-state index contributed by atoms with van der Waals surface area (Å²) in [4.78, 5) is 4.16. The lowest BCUT2D eigenvalue weighted by Crippen LogP contribution is -2.24. The summed E-state index contributed by atoms with van der Waals surface area (Å²) in [6.45, 7) is 0.825. The van der Waals surface area contributed by atoms with Crippen molar-refractivity contribution in [2.45, 2.75) is 25.4 Å². The first-order chi connectivity index (χ1) is 12.8. The Balaban J connectivity index is 1.41. The molecule has 4 rings (SSSR count). The molecule has 130 valence electrons. The van der Waals surface area contributed by atoms with Crippen LogP contribution in [0.25, 0.3) is 21.9 Å². The number of hydrogen-bond acceptors (Lipinski definition) is 3. The molecule has 2 aromatic carbocycles. The molecular weight excluding hydrogens is 320 g/mol. The van der Waals surface area contributed by atoms with Gasteiger partial charge in [-0.05, 0) is 41.5 Å². The minimum atomic E-state index is 0.137. The molecule has 4 aromatic rings. The van der Waals surface area contributed by atoms with Gasteiger partial charge < -0.3 is 5.73 Å². The number of fused-ring (bicyclic) bond motifs is 1. The van der Waals surface area contributed by atoms with E-state index in [0.717, 1.165) is 30.3 Å². The first kappa shape index (κ1) is 16.5. The molecule has 0 fully saturated rings. The third-order valence-corrected chi connectivity index (χ3v) is 4.68. The quantitative estimate of drug-likeness (QED) is 0.575. The molecular formula is C22H22N4. The normalized spacial score (nSPS) is 12.3. The van der Waals surface area contributed by atoms with Crippen LogP contribution in [0.3, 0.4) is 0 Å². The summed E-state index contributed by atoms with van der Waals surface area (Å²) < 4.78 is 1.98. The van der Waals surface area contributed by atoms with Crippen LogP contribution in [0.4, 0.5) is 0 Å². The van der Waals surface area contributed by atoms with Gasteiger partial charge >= 0.3 is 0 Å². The second-order valence-electron chi connectivity index (χ2n) is 6.67. The highest BCUT2D eigenvalue weighted by atomic mass is 15.3. The van der Waals surface area contributed by atoms with Crippen LogP contribution in [0, 0.1) is 0 Å². The van der Waals surface area contributed by atoms with E-state index in [1.165, 1.54) is 16.5 Å². The van der Waals surface area contributed by atoms with E-state index < -0.39 is 0 Å². The maximum absolute atomic E-state index is 6.29. The lowest BCUT2D eigenvalue weighted by molar-refractivity contribution is 0.507. The number of nitrogens with two attached hydrogens (primary N) is 1. The minimum absolute atomic E-state index is 0.137. The molecule has 26 heavy (non-hydrogen) atoms. The summed E-state index contributed by atoms with van der Waals surface area (Å²) >= 11 is 0. The summed E-state index contributed by atoms with van der Waals surface area (Å²) in [5.41, 5.74) is 9.87. The van der Waals surface area contributed by atoms with E-state index in [9.17, 15) is 0 Å². The number of benzene rings is 2. The first-order valence-corrected chi connectivity index (χ1v) is 8.94. The zero-order chi connectivity index (χ0) is 17.8. The van der Waals surface area contributed by atoms with Crippen molar-refractivity contribution in [1.82, 2.24) is 14.8 Å². The smallest absolute Gasteiger partial charge is 0.0568 e. The van der Waals surface area contributed by atoms with Crippen LogP contribution in [0.5, 0.6) is 0 Å². The van der Waals surface area contributed by atoms with Crippen LogP contribution in [-0.2, 0) is 13.0 Å². The molecule has 0 aliphatic carbocycles. The second kappa shape index (κ2) is 7.50. The highest BCUT2D eigenvalue weighted by Crippen LogP contribution is 2.23. The van der Waals surface area contributed by atoms with Crippen molar-refractivity contribution < 1.29 is 0 Å². The molecule has 2 aromatic heterocycles. The topological polar surface area (TPSA) is 56.7 Å². The van der Waals surface area contributed by atoms with E-state index in [0.29, 0.717) is 0 Å². The van der Waals surface area contributed by atoms with E-state index in [4.69, 9.17) is 5.73 Å². The maximum Gasteiger partial charge on any atom is 0.0568 e. The Bertz CT molecular complexity index is 991. The summed E-state index contributed by atoms with van der Waals surface area (Å²) in [6, 6.07) is 19.0. The van der Waals surface area contributed by atoms with E-state index in [1.54, 1.807) is 0 Å². The predicted octanol–water partition coefficient (Wildman–Crippen LogP) is 4.06. The van der Waals surface area contributed by atoms with Gasteiger partial charge in [0, 0.05) is 42.1 Å². The molecule has 0 amide bonds. The zero-order valence-electron chi connectivity index (χ0n) is 14.6. The molecule has 0 aliphatic heterocycles. The van der Waals surface area contributed by atoms with E-state index in [2.05, 4.69) is 58.7 Å². The highest BCUT2D eigenvalue weighted by molar-refractivity contribution is 5.86. The summed E-state index contributed by atoms with van der Waals surface area (Å²) in [7, 11) is 0. The third-order valence-electron chi connectivity index (χ3n) is 4.68. The average molecular weight is 342 g/mol. The van der Waals surface area contributed by atoms with Gasteiger partial charge in [0.25, 0.3) is 0 Å². The van der Waals surface area contributed by atoms with Gasteiger partial charge in [-0.3, -0.25) is 9.67 Å². The molecule has 0 saturated carbocycles. The molecule has 2 N–H and O–H groups in total. The Hall–Kier alpha value is -2.98. The van der Waals surface area contributed by atoms with Crippen LogP contribution in [0.2, 0.25) is 0 Å². The van der Waals surface area contributed by atoms with Gasteiger partial charge in [0.15, 0.2) is 0 Å². The molecule has 0 radical (unpaired) electrons. The summed E-state index contributed by atoms with van der Waals surface area (Å²) in [5, 5.41) is 6.84. The SMILES string of the molecule is N[C@H](CCn1cc(-c2ccc3cnccc3c2)cn1)Cc1ccccc1.